The van der Waals surface area contributed by atoms with Gasteiger partial charge >= 0.3 is 42.6 Å². The van der Waals surface area contributed by atoms with E-state index >= 15 is 0 Å². The third-order valence-corrected chi connectivity index (χ3v) is 3.44. The standard InChI is InChI=1S/C8H7Cl2OP.C4H9.Li/c1-4-2-3-5(9)6(7(4)10)8(11)12;1-4(2)3;/h2-3H,12H2,1H3;4H,1H2,2-3H3;. The molecule has 90 valence electrons. The van der Waals surface area contributed by atoms with Crippen molar-refractivity contribution in [2.24, 2.45) is 5.92 Å². The molecular formula is C12H16Cl2LiOP. The van der Waals surface area contributed by atoms with E-state index in [2.05, 4.69) is 40.8 Å². The van der Waals surface area contributed by atoms with E-state index in [1.54, 1.807) is 12.1 Å². The Balaban J connectivity index is 0.000000437. The van der Waals surface area contributed by atoms with Crippen LogP contribution in [0.1, 0.15) is 29.8 Å². The summed E-state index contributed by atoms with van der Waals surface area (Å²) in [4.78, 5) is 11.0. The van der Waals surface area contributed by atoms with Gasteiger partial charge in [-0.25, -0.2) is 0 Å². The average molecular weight is 285 g/mol. The van der Waals surface area contributed by atoms with Gasteiger partial charge in [0, 0.05) is 0 Å². The van der Waals surface area contributed by atoms with Gasteiger partial charge in [-0.3, -0.25) is 4.79 Å². The molecule has 0 amide bonds. The van der Waals surface area contributed by atoms with Gasteiger partial charge < -0.3 is 0 Å². The zero-order valence-electron chi connectivity index (χ0n) is 10.7. The SMILES string of the molecule is Cc1ccc(Cl)c(C(=O)P)c1Cl.[Li][CH2]C(C)C. The molecule has 0 aromatic heterocycles. The van der Waals surface area contributed by atoms with Gasteiger partial charge in [0.1, 0.15) is 0 Å². The van der Waals surface area contributed by atoms with Crippen molar-refractivity contribution in [3.8, 4) is 0 Å². The number of hydrogen-bond acceptors (Lipinski definition) is 1. The van der Waals surface area contributed by atoms with E-state index in [1.807, 2.05) is 6.92 Å². The molecule has 0 spiro atoms. The normalized spacial score (nSPS) is 9.94. The number of hydrogen-bond donors (Lipinski definition) is 0. The number of rotatable bonds is 2. The molecule has 1 rings (SSSR count). The molecule has 1 atom stereocenters. The van der Waals surface area contributed by atoms with Crippen LogP contribution < -0.4 is 0 Å². The minimum absolute atomic E-state index is 0.186. The van der Waals surface area contributed by atoms with Gasteiger partial charge in [-0.1, -0.05) is 38.5 Å². The molecule has 5 heteroatoms. The fourth-order valence-corrected chi connectivity index (χ4v) is 1.92. The Bertz CT molecular complexity index is 394. The van der Waals surface area contributed by atoms with Crippen LogP contribution in [-0.4, -0.2) is 23.2 Å². The predicted octanol–water partition coefficient (Wildman–Crippen LogP) is 4.55. The molecule has 1 aromatic rings. The van der Waals surface area contributed by atoms with Crippen LogP contribution in [0.15, 0.2) is 12.1 Å². The molecule has 0 heterocycles. The van der Waals surface area contributed by atoms with Gasteiger partial charge in [-0.05, 0) is 18.6 Å². The van der Waals surface area contributed by atoms with E-state index in [1.165, 1.54) is 5.09 Å². The number of carbonyl (C=O) groups excluding carboxylic acids is 1. The van der Waals surface area contributed by atoms with E-state index in [-0.39, 0.29) is 5.52 Å². The fourth-order valence-electron chi connectivity index (χ4n) is 0.883. The van der Waals surface area contributed by atoms with Gasteiger partial charge in [-0.2, -0.15) is 0 Å². The second-order valence-electron chi connectivity index (χ2n) is 4.22. The average Bonchev–Trinajstić information content (AvgIpc) is 2.24. The Morgan fingerprint density at radius 1 is 1.41 bits per heavy atom. The Kier molecular flexibility index (Phi) is 8.82. The molecule has 17 heavy (non-hydrogen) atoms. The maximum absolute atomic E-state index is 11.0. The van der Waals surface area contributed by atoms with Crippen LogP contribution in [-0.2, 0) is 0 Å². The summed E-state index contributed by atoms with van der Waals surface area (Å²) in [6.45, 7) is 6.27. The molecule has 0 bridgehead atoms. The Morgan fingerprint density at radius 2 is 1.88 bits per heavy atom. The van der Waals surface area contributed by atoms with Crippen molar-refractivity contribution in [1.82, 2.24) is 0 Å². The van der Waals surface area contributed by atoms with Gasteiger partial charge in [0.15, 0.2) is 5.52 Å². The third-order valence-electron chi connectivity index (χ3n) is 2.35. The van der Waals surface area contributed by atoms with Crippen LogP contribution in [0.25, 0.3) is 0 Å². The maximum atomic E-state index is 11.0. The molecule has 0 radical (unpaired) electrons. The van der Waals surface area contributed by atoms with Crippen molar-refractivity contribution in [3.63, 3.8) is 0 Å². The summed E-state index contributed by atoms with van der Waals surface area (Å²) >= 11 is 13.9. The molecule has 0 fully saturated rings. The van der Waals surface area contributed by atoms with Crippen LogP contribution in [0.3, 0.4) is 0 Å². The second-order valence-corrected chi connectivity index (χ2v) is 5.53. The quantitative estimate of drug-likeness (QED) is 0.575. The van der Waals surface area contributed by atoms with E-state index in [4.69, 9.17) is 23.2 Å². The molecule has 0 saturated heterocycles. The summed E-state index contributed by atoms with van der Waals surface area (Å²) < 4.78 is 0. The molecule has 0 aliphatic carbocycles. The third kappa shape index (κ3) is 6.28. The summed E-state index contributed by atoms with van der Waals surface area (Å²) in [6.07, 6.45) is 0. The zero-order chi connectivity index (χ0) is 13.6. The summed E-state index contributed by atoms with van der Waals surface area (Å²) in [7, 11) is 2.06. The topological polar surface area (TPSA) is 17.1 Å². The molecule has 1 unspecified atom stereocenters. The van der Waals surface area contributed by atoms with Gasteiger partial charge in [-0.15, -0.1) is 0 Å². The molecular weight excluding hydrogens is 269 g/mol. The zero-order valence-corrected chi connectivity index (χ0v) is 13.3. The Morgan fingerprint density at radius 3 is 2.18 bits per heavy atom. The molecule has 1 aromatic carbocycles. The molecule has 0 N–H and O–H groups in total. The first-order chi connectivity index (χ1) is 7.81. The van der Waals surface area contributed by atoms with Crippen LogP contribution in [0.5, 0.6) is 0 Å². The van der Waals surface area contributed by atoms with E-state index in [0.717, 1.165) is 11.5 Å². The van der Waals surface area contributed by atoms with Crippen molar-refractivity contribution in [2.45, 2.75) is 25.9 Å². The molecule has 1 nitrogen and oxygen atoms in total. The van der Waals surface area contributed by atoms with E-state index in [9.17, 15) is 4.79 Å². The van der Waals surface area contributed by atoms with Crippen LogP contribution >= 0.6 is 32.4 Å². The number of aryl methyl sites for hydroxylation is 1. The molecule has 0 aliphatic rings. The van der Waals surface area contributed by atoms with E-state index < -0.39 is 0 Å². The van der Waals surface area contributed by atoms with Crippen LogP contribution in [0.4, 0.5) is 0 Å². The molecule has 0 aliphatic heterocycles. The summed E-state index contributed by atoms with van der Waals surface area (Å²) in [5.74, 6) is 0.884. The minimum atomic E-state index is -0.186. The van der Waals surface area contributed by atoms with Crippen LogP contribution in [0, 0.1) is 12.8 Å². The summed E-state index contributed by atoms with van der Waals surface area (Å²) in [5, 5.41) is 2.13. The van der Waals surface area contributed by atoms with Crippen molar-refractivity contribution in [1.29, 1.82) is 0 Å². The first kappa shape index (κ1) is 17.5. The number of halogens is 2. The molecule has 0 saturated carbocycles. The monoisotopic (exact) mass is 284 g/mol. The fraction of sp³-hybridized carbons (Fsp3) is 0.417. The van der Waals surface area contributed by atoms with Crippen LogP contribution in [0.2, 0.25) is 15.1 Å². The first-order valence-corrected chi connectivity index (χ1v) is 6.88. The van der Waals surface area contributed by atoms with Crippen molar-refractivity contribution in [2.75, 3.05) is 0 Å². The van der Waals surface area contributed by atoms with Gasteiger partial charge in [0.05, 0.1) is 15.6 Å². The first-order valence-electron chi connectivity index (χ1n) is 5.55. The number of benzene rings is 1. The number of carbonyl (C=O) groups is 1. The van der Waals surface area contributed by atoms with Crippen molar-refractivity contribution in [3.05, 3.63) is 33.3 Å². The summed E-state index contributed by atoms with van der Waals surface area (Å²) in [6, 6.07) is 3.45. The summed E-state index contributed by atoms with van der Waals surface area (Å²) in [5.41, 5.74) is 1.05. The Labute approximate surface area is 125 Å². The van der Waals surface area contributed by atoms with Crippen molar-refractivity contribution >= 4 is 55.7 Å². The predicted molar refractivity (Wildman–Crippen MR) is 80.6 cm³/mol. The second kappa shape index (κ2) is 8.57. The van der Waals surface area contributed by atoms with E-state index in [0.29, 0.717) is 15.6 Å². The van der Waals surface area contributed by atoms with Crippen molar-refractivity contribution < 1.29 is 4.79 Å². The Hall–Kier alpha value is 0.497. The van der Waals surface area contributed by atoms with Gasteiger partial charge in [0.2, 0.25) is 0 Å². The van der Waals surface area contributed by atoms with Gasteiger partial charge in [0.25, 0.3) is 0 Å².